The number of carboxylic acids is 1. The monoisotopic (exact) mass is 281 g/mol. The number of nitrogens with zero attached hydrogens (tertiary/aromatic N) is 1. The van der Waals surface area contributed by atoms with Crippen LogP contribution in [-0.2, 0) is 0 Å². The zero-order valence-corrected chi connectivity index (χ0v) is 11.6. The van der Waals surface area contributed by atoms with Crippen molar-refractivity contribution in [1.29, 1.82) is 0 Å². The van der Waals surface area contributed by atoms with Crippen LogP contribution in [0.4, 0.5) is 4.39 Å². The van der Waals surface area contributed by atoms with E-state index in [9.17, 15) is 9.18 Å². The predicted octanol–water partition coefficient (Wildman–Crippen LogP) is 2.63. The fourth-order valence-corrected chi connectivity index (χ4v) is 2.53. The van der Waals surface area contributed by atoms with Crippen LogP contribution >= 0.6 is 0 Å². The molecule has 0 aliphatic carbocycles. The molecule has 1 aromatic rings. The van der Waals surface area contributed by atoms with Crippen LogP contribution < -0.4 is 4.74 Å². The number of hydrogen-bond acceptors (Lipinski definition) is 3. The van der Waals surface area contributed by atoms with E-state index in [-0.39, 0.29) is 11.3 Å². The number of rotatable bonds is 5. The molecule has 1 aromatic carbocycles. The van der Waals surface area contributed by atoms with E-state index in [0.717, 1.165) is 25.7 Å². The van der Waals surface area contributed by atoms with Gasteiger partial charge in [0.1, 0.15) is 6.61 Å². The third kappa shape index (κ3) is 3.93. The highest BCUT2D eigenvalue weighted by molar-refractivity contribution is 5.87. The Morgan fingerprint density at radius 2 is 2.35 bits per heavy atom. The molecule has 0 aromatic heterocycles. The van der Waals surface area contributed by atoms with Crippen LogP contribution in [0.25, 0.3) is 0 Å². The summed E-state index contributed by atoms with van der Waals surface area (Å²) in [5.41, 5.74) is -0.0697. The molecule has 0 radical (unpaired) electrons. The second-order valence-corrected chi connectivity index (χ2v) is 5.35. The molecule has 5 heteroatoms. The first-order chi connectivity index (χ1) is 9.56. The van der Waals surface area contributed by atoms with Gasteiger partial charge in [-0.2, -0.15) is 0 Å². The largest absolute Gasteiger partial charge is 0.489 e. The summed E-state index contributed by atoms with van der Waals surface area (Å²) in [5.74, 6) is -0.954. The van der Waals surface area contributed by atoms with Crippen molar-refractivity contribution in [2.45, 2.75) is 19.8 Å². The molecule has 1 heterocycles. The fourth-order valence-electron chi connectivity index (χ4n) is 2.53. The molecule has 0 bridgehead atoms. The number of carboxylic acid groups (broad SMARTS) is 1. The highest BCUT2D eigenvalue weighted by Gasteiger charge is 2.16. The second kappa shape index (κ2) is 6.70. The zero-order chi connectivity index (χ0) is 14.5. The molecule has 1 aliphatic heterocycles. The topological polar surface area (TPSA) is 49.8 Å². The maximum absolute atomic E-state index is 13.6. The Bertz CT molecular complexity index is 478. The lowest BCUT2D eigenvalue weighted by molar-refractivity contribution is 0.0696. The van der Waals surface area contributed by atoms with Crippen molar-refractivity contribution in [2.24, 2.45) is 5.92 Å². The highest BCUT2D eigenvalue weighted by Crippen LogP contribution is 2.19. The molecule has 0 spiro atoms. The minimum atomic E-state index is -1.14. The van der Waals surface area contributed by atoms with Crippen molar-refractivity contribution >= 4 is 5.97 Å². The summed E-state index contributed by atoms with van der Waals surface area (Å²) in [6.45, 7) is 5.54. The van der Waals surface area contributed by atoms with E-state index in [1.165, 1.54) is 25.0 Å². The zero-order valence-electron chi connectivity index (χ0n) is 11.6. The van der Waals surface area contributed by atoms with Gasteiger partial charge in [0, 0.05) is 13.1 Å². The van der Waals surface area contributed by atoms with Crippen molar-refractivity contribution < 1.29 is 19.0 Å². The average molecular weight is 281 g/mol. The summed E-state index contributed by atoms with van der Waals surface area (Å²) >= 11 is 0. The summed E-state index contributed by atoms with van der Waals surface area (Å²) < 4.78 is 19.0. The van der Waals surface area contributed by atoms with E-state index in [0.29, 0.717) is 12.5 Å². The number of likely N-dealkylation sites (tertiary alicyclic amines) is 1. The lowest BCUT2D eigenvalue weighted by Gasteiger charge is -2.30. The standard InChI is InChI=1S/C15H20FNO3/c1-11-3-2-6-17(10-11)7-8-20-14-5-4-12(15(18)19)9-13(14)16/h4-5,9,11H,2-3,6-8,10H2,1H3,(H,18,19). The number of piperidine rings is 1. The summed E-state index contributed by atoms with van der Waals surface area (Å²) in [4.78, 5) is 13.0. The van der Waals surface area contributed by atoms with E-state index in [1.54, 1.807) is 0 Å². The minimum Gasteiger partial charge on any atom is -0.489 e. The van der Waals surface area contributed by atoms with E-state index < -0.39 is 11.8 Å². The van der Waals surface area contributed by atoms with Crippen molar-refractivity contribution in [1.82, 2.24) is 4.90 Å². The van der Waals surface area contributed by atoms with E-state index in [2.05, 4.69) is 11.8 Å². The van der Waals surface area contributed by atoms with Crippen molar-refractivity contribution in [3.63, 3.8) is 0 Å². The molecule has 2 rings (SSSR count). The third-order valence-electron chi connectivity index (χ3n) is 3.59. The number of halogens is 1. The Morgan fingerprint density at radius 3 is 3.00 bits per heavy atom. The first-order valence-corrected chi connectivity index (χ1v) is 6.94. The number of ether oxygens (including phenoxy) is 1. The van der Waals surface area contributed by atoms with E-state index in [1.807, 2.05) is 0 Å². The van der Waals surface area contributed by atoms with Crippen LogP contribution in [-0.4, -0.2) is 42.2 Å². The molecule has 1 atom stereocenters. The quantitative estimate of drug-likeness (QED) is 0.901. The molecule has 20 heavy (non-hydrogen) atoms. The molecule has 1 saturated heterocycles. The van der Waals surface area contributed by atoms with Gasteiger partial charge in [-0.1, -0.05) is 6.92 Å². The number of aromatic carboxylic acids is 1. The lowest BCUT2D eigenvalue weighted by atomic mass is 10.0. The van der Waals surface area contributed by atoms with Crippen LogP contribution in [0.15, 0.2) is 18.2 Å². The van der Waals surface area contributed by atoms with Crippen LogP contribution in [0.1, 0.15) is 30.1 Å². The Kier molecular flexibility index (Phi) is 4.95. The van der Waals surface area contributed by atoms with Crippen LogP contribution in [0.5, 0.6) is 5.75 Å². The Balaban J connectivity index is 1.83. The van der Waals surface area contributed by atoms with Gasteiger partial charge >= 0.3 is 5.97 Å². The molecule has 1 aliphatic rings. The fraction of sp³-hybridized carbons (Fsp3) is 0.533. The first kappa shape index (κ1) is 14.8. The van der Waals surface area contributed by atoms with Gasteiger partial charge in [0.2, 0.25) is 0 Å². The highest BCUT2D eigenvalue weighted by atomic mass is 19.1. The van der Waals surface area contributed by atoms with Gasteiger partial charge in [-0.3, -0.25) is 4.90 Å². The molecule has 110 valence electrons. The lowest BCUT2D eigenvalue weighted by Crippen LogP contribution is -2.37. The van der Waals surface area contributed by atoms with Gasteiger partial charge in [-0.15, -0.1) is 0 Å². The normalized spacial score (nSPS) is 19.8. The van der Waals surface area contributed by atoms with Crippen LogP contribution in [0.2, 0.25) is 0 Å². The molecular weight excluding hydrogens is 261 g/mol. The van der Waals surface area contributed by atoms with E-state index >= 15 is 0 Å². The summed E-state index contributed by atoms with van der Waals surface area (Å²) in [7, 11) is 0. The molecule has 0 saturated carbocycles. The molecule has 0 amide bonds. The third-order valence-corrected chi connectivity index (χ3v) is 3.59. The molecule has 4 nitrogen and oxygen atoms in total. The Hall–Kier alpha value is -1.62. The smallest absolute Gasteiger partial charge is 0.335 e. The van der Waals surface area contributed by atoms with Crippen molar-refractivity contribution in [2.75, 3.05) is 26.2 Å². The Morgan fingerprint density at radius 1 is 1.55 bits per heavy atom. The maximum Gasteiger partial charge on any atom is 0.335 e. The van der Waals surface area contributed by atoms with Crippen molar-refractivity contribution in [3.05, 3.63) is 29.6 Å². The molecule has 1 N–H and O–H groups in total. The molecule has 1 unspecified atom stereocenters. The van der Waals surface area contributed by atoms with Crippen LogP contribution in [0.3, 0.4) is 0 Å². The second-order valence-electron chi connectivity index (χ2n) is 5.35. The maximum atomic E-state index is 13.6. The van der Waals surface area contributed by atoms with Gasteiger partial charge in [0.05, 0.1) is 5.56 Å². The first-order valence-electron chi connectivity index (χ1n) is 6.94. The van der Waals surface area contributed by atoms with Crippen LogP contribution in [0, 0.1) is 11.7 Å². The predicted molar refractivity (Wildman–Crippen MR) is 73.7 cm³/mol. The number of benzene rings is 1. The number of hydrogen-bond donors (Lipinski definition) is 1. The van der Waals surface area contributed by atoms with Gasteiger partial charge in [-0.25, -0.2) is 9.18 Å². The summed E-state index contributed by atoms with van der Waals surface area (Å²) in [5, 5.41) is 8.76. The van der Waals surface area contributed by atoms with E-state index in [4.69, 9.17) is 9.84 Å². The SMILES string of the molecule is CC1CCCN(CCOc2ccc(C(=O)O)cc2F)C1. The van der Waals surface area contributed by atoms with Gasteiger partial charge in [-0.05, 0) is 43.5 Å². The molecular formula is C15H20FNO3. The van der Waals surface area contributed by atoms with Crippen molar-refractivity contribution in [3.8, 4) is 5.75 Å². The average Bonchev–Trinajstić information content (AvgIpc) is 2.40. The number of carbonyl (C=O) groups is 1. The summed E-state index contributed by atoms with van der Waals surface area (Å²) in [6, 6.07) is 3.71. The summed E-state index contributed by atoms with van der Waals surface area (Å²) in [6.07, 6.45) is 2.46. The van der Waals surface area contributed by atoms with Gasteiger partial charge in [0.15, 0.2) is 11.6 Å². The Labute approximate surface area is 118 Å². The minimum absolute atomic E-state index is 0.0697. The van der Waals surface area contributed by atoms with Gasteiger partial charge < -0.3 is 9.84 Å². The molecule has 1 fully saturated rings. The van der Waals surface area contributed by atoms with Gasteiger partial charge in [0.25, 0.3) is 0 Å².